The molecule has 4 saturated carbocycles. The molecule has 0 radical (unpaired) electrons. The number of carboxylic acid groups (broad SMARTS) is 1. The maximum Gasteiger partial charge on any atom is 0.303 e. The van der Waals surface area contributed by atoms with Crippen LogP contribution in [0.15, 0.2) is 133 Å². The summed E-state index contributed by atoms with van der Waals surface area (Å²) in [6.45, 7) is 17.4. The highest BCUT2D eigenvalue weighted by atomic mass is 79.9. The maximum absolute atomic E-state index is 10.9. The van der Waals surface area contributed by atoms with E-state index in [9.17, 15) is 15.0 Å². The second-order valence-corrected chi connectivity index (χ2v) is 30.5. The van der Waals surface area contributed by atoms with Gasteiger partial charge in [0.1, 0.15) is 0 Å². The minimum absolute atomic E-state index is 0.00666. The van der Waals surface area contributed by atoms with Crippen molar-refractivity contribution in [3.63, 3.8) is 0 Å². The van der Waals surface area contributed by atoms with E-state index in [1.807, 2.05) is 54.6 Å². The first-order valence-corrected chi connectivity index (χ1v) is 34.4. The third-order valence-electron chi connectivity index (χ3n) is 18.0. The Balaban J connectivity index is 0.000000298. The summed E-state index contributed by atoms with van der Waals surface area (Å²) in [5, 5.41) is 30.2. The van der Waals surface area contributed by atoms with E-state index >= 15 is 0 Å². The quantitative estimate of drug-likeness (QED) is 0.0170. The number of alkyl halides is 1. The fraction of sp³-hybridized carbons (Fsp3) is 0.592. The molecule has 11 heteroatoms. The molecule has 0 aromatic heterocycles. The monoisotopic (exact) mass is 1210 g/mol. The predicted octanol–water partition coefficient (Wildman–Crippen LogP) is 16.8. The molecule has 4 atom stereocenters. The Morgan fingerprint density at radius 1 is 0.695 bits per heavy atom. The largest absolute Gasteiger partial charge is 0.481 e. The number of aliphatic hydroxyl groups excluding tert-OH is 2. The summed E-state index contributed by atoms with van der Waals surface area (Å²) < 4.78 is 27.9. The maximum atomic E-state index is 10.9. The van der Waals surface area contributed by atoms with Crippen LogP contribution in [0, 0.1) is 45.3 Å². The number of hydrogen-bond donors (Lipinski definition) is 3. The van der Waals surface area contributed by atoms with Crippen LogP contribution in [-0.4, -0.2) is 94.3 Å². The summed E-state index contributed by atoms with van der Waals surface area (Å²) >= 11 is 3.32. The Bertz CT molecular complexity index is 2500. The smallest absolute Gasteiger partial charge is 0.303 e. The molecule has 452 valence electrons. The number of methoxy groups -OCH3 is 3. The number of aliphatic carboxylic acids is 1. The summed E-state index contributed by atoms with van der Waals surface area (Å²) in [6.07, 6.45) is 41.2. The van der Waals surface area contributed by atoms with Crippen molar-refractivity contribution in [1.29, 1.82) is 0 Å². The average molecular weight is 1210 g/mol. The molecule has 2 aromatic carbocycles. The van der Waals surface area contributed by atoms with Crippen LogP contribution in [0.4, 0.5) is 0 Å². The minimum atomic E-state index is -1.95. The van der Waals surface area contributed by atoms with Gasteiger partial charge >= 0.3 is 5.97 Å². The Labute approximate surface area is 505 Å². The van der Waals surface area contributed by atoms with E-state index in [-0.39, 0.29) is 45.8 Å². The zero-order chi connectivity index (χ0) is 60.0. The molecule has 2 aromatic rings. The molecular weight excluding hydrogens is 1100 g/mol. The number of allylic oxidation sites excluding steroid dienone is 8. The molecule has 9 nitrogen and oxygen atoms in total. The van der Waals surface area contributed by atoms with Gasteiger partial charge in [-0.05, 0) is 119 Å². The highest BCUT2D eigenvalue weighted by Crippen LogP contribution is 2.51. The van der Waals surface area contributed by atoms with Crippen LogP contribution in [0.5, 0.6) is 0 Å². The predicted molar refractivity (Wildman–Crippen MR) is 344 cm³/mol. The van der Waals surface area contributed by atoms with Gasteiger partial charge in [0.2, 0.25) is 0 Å². The number of benzene rings is 2. The summed E-state index contributed by atoms with van der Waals surface area (Å²) in [6, 6.07) is 20.3. The fourth-order valence-corrected chi connectivity index (χ4v) is 12.7. The Kier molecular flexibility index (Phi) is 30.4. The summed E-state index contributed by atoms with van der Waals surface area (Å²) in [4.78, 5) is 10.6. The van der Waals surface area contributed by atoms with Crippen molar-refractivity contribution in [3.8, 4) is 23.7 Å². The lowest BCUT2D eigenvalue weighted by atomic mass is 9.63. The first-order valence-electron chi connectivity index (χ1n) is 30.4. The van der Waals surface area contributed by atoms with Gasteiger partial charge in [-0.2, -0.15) is 0 Å². The van der Waals surface area contributed by atoms with Crippen LogP contribution in [0.3, 0.4) is 0 Å². The van der Waals surface area contributed by atoms with E-state index in [1.54, 1.807) is 21.3 Å². The number of hydrogen-bond acceptors (Lipinski definition) is 8. The Morgan fingerprint density at radius 2 is 1.20 bits per heavy atom. The second kappa shape index (κ2) is 35.4. The number of rotatable bonds is 25. The van der Waals surface area contributed by atoms with Gasteiger partial charge in [0.25, 0.3) is 5.97 Å². The van der Waals surface area contributed by atoms with E-state index in [0.717, 1.165) is 80.7 Å². The van der Waals surface area contributed by atoms with Gasteiger partial charge in [-0.15, -0.1) is 0 Å². The lowest BCUT2D eigenvalue weighted by Gasteiger charge is -2.50. The highest BCUT2D eigenvalue weighted by molar-refractivity contribution is 9.09. The molecule has 4 fully saturated rings. The van der Waals surface area contributed by atoms with Crippen molar-refractivity contribution in [2.75, 3.05) is 46.5 Å². The lowest BCUT2D eigenvalue weighted by molar-refractivity contribution is -0.354. The van der Waals surface area contributed by atoms with Crippen LogP contribution in [0.25, 0.3) is 0 Å². The molecule has 0 saturated heterocycles. The van der Waals surface area contributed by atoms with E-state index in [0.29, 0.717) is 26.1 Å². The third-order valence-corrected chi connectivity index (χ3v) is 23.1. The van der Waals surface area contributed by atoms with Crippen molar-refractivity contribution >= 4 is 30.2 Å². The van der Waals surface area contributed by atoms with Gasteiger partial charge in [-0.1, -0.05) is 208 Å². The minimum Gasteiger partial charge on any atom is -0.481 e. The van der Waals surface area contributed by atoms with Crippen LogP contribution >= 0.6 is 15.9 Å². The first-order chi connectivity index (χ1) is 39.2. The number of aliphatic hydroxyl groups is 2. The van der Waals surface area contributed by atoms with E-state index in [1.165, 1.54) is 56.1 Å². The van der Waals surface area contributed by atoms with E-state index in [2.05, 4.69) is 154 Å². The number of carboxylic acids is 1. The third kappa shape index (κ3) is 22.4. The van der Waals surface area contributed by atoms with Crippen LogP contribution < -0.4 is 0 Å². The molecule has 3 N–H and O–H groups in total. The molecule has 4 aliphatic carbocycles. The summed E-state index contributed by atoms with van der Waals surface area (Å²) in [5.74, 6) is 11.8. The molecule has 0 spiro atoms. The Morgan fingerprint density at radius 3 is 1.65 bits per heavy atom. The fourth-order valence-electron chi connectivity index (χ4n) is 11.1. The highest BCUT2D eigenvalue weighted by Gasteiger charge is 2.48. The molecule has 4 aliphatic rings. The van der Waals surface area contributed by atoms with Gasteiger partial charge in [0.05, 0.1) is 25.4 Å². The first kappa shape index (κ1) is 70.4. The lowest BCUT2D eigenvalue weighted by Crippen LogP contribution is -2.50. The molecule has 0 bridgehead atoms. The molecule has 6 rings (SSSR count). The second-order valence-electron chi connectivity index (χ2n) is 24.9. The van der Waals surface area contributed by atoms with Crippen LogP contribution in [0.1, 0.15) is 174 Å². The molecule has 0 aliphatic heterocycles. The normalized spacial score (nSPS) is 22.5. The summed E-state index contributed by atoms with van der Waals surface area (Å²) in [5.41, 5.74) is 4.87. The van der Waals surface area contributed by atoms with Crippen molar-refractivity contribution in [3.05, 3.63) is 144 Å². The van der Waals surface area contributed by atoms with Gasteiger partial charge in [-0.25, -0.2) is 0 Å². The molecule has 0 heterocycles. The zero-order valence-corrected chi connectivity index (χ0v) is 54.4. The summed E-state index contributed by atoms with van der Waals surface area (Å²) in [7, 11) is 2.76. The van der Waals surface area contributed by atoms with Gasteiger partial charge < -0.3 is 38.7 Å². The van der Waals surface area contributed by atoms with E-state index < -0.39 is 26.4 Å². The average Bonchev–Trinajstić information content (AvgIpc) is 3.65. The molecule has 0 amide bonds. The molecule has 2 unspecified atom stereocenters. The van der Waals surface area contributed by atoms with Crippen molar-refractivity contribution in [2.24, 2.45) is 21.7 Å². The number of ether oxygens (including phenoxy) is 4. The Hall–Kier alpha value is -4.11. The SMILES string of the molecule is CC(C)(C)[Si](C)(C)OC(/C=C/C=C/[C@]1(C)CCCC/C1=C\CO)C1(CC#Cc2ccccc2)CCC1.COC(CCCBr)(OC)OC.C[C@@]1(/C=C/C=C/C(O)C2(CC#Cc3ccccc3)CCC2)CCCC/C1=C\COCCCC(=O)O. The molecule has 82 heavy (non-hydrogen) atoms. The van der Waals surface area contributed by atoms with Crippen molar-refractivity contribution in [2.45, 2.75) is 199 Å². The van der Waals surface area contributed by atoms with Crippen LogP contribution in [0.2, 0.25) is 18.1 Å². The van der Waals surface area contributed by atoms with E-state index in [4.69, 9.17) is 28.5 Å². The number of carbonyl (C=O) groups is 1. The van der Waals surface area contributed by atoms with Gasteiger partial charge in [0, 0.05) is 91.7 Å². The number of halogens is 1. The zero-order valence-electron chi connectivity index (χ0n) is 51.8. The topological polar surface area (TPSA) is 124 Å². The standard InChI is InChI=1S/C33H48O2Si.C31H40O4.C7H15BrO3/c1-31(2,3)36(5,6)35-30(20-11-13-23-32(4)22-12-10-19-29(32)21-27-34)33(25-15-26-33)24-14-18-28-16-8-7-9-17-28;1-30(19-7-5-15-27(30)18-25-35-24-10-17-29(33)34)20-8-6-16-28(32)31(22-11-23-31)21-9-14-26-12-3-2-4-13-26;1-9-7(10-2,11-3)5-4-6-8/h7-9,11,13,16-17,20-21,23,30,34H,10,12,15,19,22,24-27H2,1-6H3;2-4,6,8,12-13,16,18,20,28,32H,5,7,10-11,15,17,19,21-25H2,1H3,(H,33,34);4-6H2,1-3H3/b20-11+,23-13+,29-21+;16-6+,20-8+,27-18+;/t30?,32-;28?,30-;/m00./s1. The van der Waals surface area contributed by atoms with Gasteiger partial charge in [-0.3, -0.25) is 4.79 Å². The van der Waals surface area contributed by atoms with Crippen LogP contribution in [-0.2, 0) is 28.2 Å². The van der Waals surface area contributed by atoms with Gasteiger partial charge in [0.15, 0.2) is 8.32 Å². The molecular formula is C71H103BrO9Si. The van der Waals surface area contributed by atoms with Crippen molar-refractivity contribution < 1.29 is 43.5 Å². The van der Waals surface area contributed by atoms with Crippen molar-refractivity contribution in [1.82, 2.24) is 0 Å².